The van der Waals surface area contributed by atoms with Gasteiger partial charge in [-0.25, -0.2) is 4.98 Å². The van der Waals surface area contributed by atoms with Crippen molar-refractivity contribution in [3.8, 4) is 5.75 Å². The van der Waals surface area contributed by atoms with Crippen LogP contribution < -0.4 is 10.1 Å². The average molecular weight is 377 g/mol. The Balaban J connectivity index is 0.000000758. The Morgan fingerprint density at radius 2 is 2.19 bits per heavy atom. The van der Waals surface area contributed by atoms with Gasteiger partial charge in [-0.3, -0.25) is 9.88 Å². The smallest absolute Gasteiger partial charge is 0.182 e. The number of nitrogens with zero attached hydrogens (tertiary/aromatic N) is 3. The van der Waals surface area contributed by atoms with E-state index in [-0.39, 0.29) is 0 Å². The summed E-state index contributed by atoms with van der Waals surface area (Å²) in [6, 6.07) is 4.08. The van der Waals surface area contributed by atoms with Gasteiger partial charge in [-0.05, 0) is 50.8 Å². The maximum atomic E-state index is 8.81. The van der Waals surface area contributed by atoms with E-state index in [0.29, 0.717) is 5.92 Å². The van der Waals surface area contributed by atoms with E-state index in [4.69, 9.17) is 9.53 Å². The maximum Gasteiger partial charge on any atom is 0.182 e. The van der Waals surface area contributed by atoms with Crippen LogP contribution in [0.2, 0.25) is 0 Å². The van der Waals surface area contributed by atoms with Gasteiger partial charge in [-0.15, -0.1) is 11.3 Å². The fourth-order valence-electron chi connectivity index (χ4n) is 3.13. The molecule has 142 valence electrons. The van der Waals surface area contributed by atoms with Gasteiger partial charge < -0.3 is 14.8 Å². The molecule has 26 heavy (non-hydrogen) atoms. The Hall–Kier alpha value is -1.99. The third-order valence-electron chi connectivity index (χ3n) is 4.28. The van der Waals surface area contributed by atoms with Gasteiger partial charge in [0.15, 0.2) is 5.13 Å². The molecular weight excluding hydrogens is 348 g/mol. The Bertz CT molecular complexity index is 660. The number of piperidine rings is 1. The van der Waals surface area contributed by atoms with Crippen molar-refractivity contribution in [2.45, 2.75) is 32.7 Å². The number of rotatable bonds is 6. The molecule has 1 N–H and O–H groups in total. The van der Waals surface area contributed by atoms with Crippen molar-refractivity contribution < 1.29 is 9.53 Å². The molecule has 1 fully saturated rings. The molecule has 1 unspecified atom stereocenters. The molecule has 3 rings (SSSR count). The van der Waals surface area contributed by atoms with Crippen LogP contribution >= 0.6 is 11.3 Å². The second kappa shape index (κ2) is 10.9. The number of methoxy groups -OCH3 is 1. The molecule has 0 bridgehead atoms. The molecule has 1 atom stereocenters. The number of ether oxygens (including phenoxy) is 1. The van der Waals surface area contributed by atoms with Crippen molar-refractivity contribution in [1.29, 1.82) is 0 Å². The Morgan fingerprint density at radius 3 is 2.81 bits per heavy atom. The van der Waals surface area contributed by atoms with Crippen molar-refractivity contribution >= 4 is 22.8 Å². The normalized spacial score (nSPS) is 17.1. The van der Waals surface area contributed by atoms with Gasteiger partial charge in [0, 0.05) is 36.9 Å². The van der Waals surface area contributed by atoms with Gasteiger partial charge in [0.05, 0.1) is 13.3 Å². The van der Waals surface area contributed by atoms with Crippen molar-refractivity contribution in [1.82, 2.24) is 14.9 Å². The lowest BCUT2D eigenvalue weighted by atomic mass is 9.93. The number of aldehydes is 1. The van der Waals surface area contributed by atoms with Crippen LogP contribution in [0, 0.1) is 5.92 Å². The number of thiazole rings is 1. The molecule has 2 aromatic heterocycles. The number of carbonyl (C=O) groups excluding carboxylic acids is 1. The van der Waals surface area contributed by atoms with Crippen LogP contribution in [-0.2, 0) is 17.8 Å². The molecule has 0 amide bonds. The Morgan fingerprint density at radius 1 is 1.38 bits per heavy atom. The van der Waals surface area contributed by atoms with E-state index in [0.717, 1.165) is 42.4 Å². The number of carbonyl (C=O) groups is 1. The second-order valence-electron chi connectivity index (χ2n) is 6.25. The molecule has 1 saturated heterocycles. The fourth-order valence-corrected chi connectivity index (χ4v) is 3.93. The van der Waals surface area contributed by atoms with E-state index in [2.05, 4.69) is 26.3 Å². The third-order valence-corrected chi connectivity index (χ3v) is 5.28. The Labute approximate surface area is 159 Å². The van der Waals surface area contributed by atoms with Gasteiger partial charge in [0.2, 0.25) is 0 Å². The van der Waals surface area contributed by atoms with Crippen LogP contribution in [0.1, 0.15) is 30.3 Å². The van der Waals surface area contributed by atoms with Gasteiger partial charge >= 0.3 is 0 Å². The molecule has 3 heterocycles. The number of aromatic nitrogens is 2. The monoisotopic (exact) mass is 376 g/mol. The SMILES string of the molecule is CC=O.CNc1ncc(CN2CCCC(Cc3ccc(OC)cn3)C2)s1. The summed E-state index contributed by atoms with van der Waals surface area (Å²) in [6.45, 7) is 4.77. The molecule has 0 aromatic carbocycles. The van der Waals surface area contributed by atoms with Crippen molar-refractivity contribution in [3.05, 3.63) is 35.1 Å². The van der Waals surface area contributed by atoms with E-state index in [1.54, 1.807) is 18.4 Å². The first kappa shape index (κ1) is 20.3. The summed E-state index contributed by atoms with van der Waals surface area (Å²) in [5.41, 5.74) is 1.16. The van der Waals surface area contributed by atoms with Crippen LogP contribution in [0.3, 0.4) is 0 Å². The highest BCUT2D eigenvalue weighted by atomic mass is 32.1. The fraction of sp³-hybridized carbons (Fsp3) is 0.526. The first-order valence-corrected chi connectivity index (χ1v) is 9.73. The number of pyridine rings is 1. The van der Waals surface area contributed by atoms with Crippen LogP contribution in [-0.4, -0.2) is 48.4 Å². The first-order valence-electron chi connectivity index (χ1n) is 8.92. The van der Waals surface area contributed by atoms with Gasteiger partial charge in [0.1, 0.15) is 12.0 Å². The second-order valence-corrected chi connectivity index (χ2v) is 7.37. The molecule has 0 saturated carbocycles. The number of likely N-dealkylation sites (tertiary alicyclic amines) is 1. The number of hydrogen-bond acceptors (Lipinski definition) is 7. The minimum atomic E-state index is 0.682. The molecule has 7 heteroatoms. The third kappa shape index (κ3) is 6.38. The maximum absolute atomic E-state index is 8.81. The van der Waals surface area contributed by atoms with E-state index in [1.165, 1.54) is 31.2 Å². The molecule has 1 aliphatic rings. The van der Waals surface area contributed by atoms with Crippen molar-refractivity contribution in [2.75, 3.05) is 32.6 Å². The minimum Gasteiger partial charge on any atom is -0.495 e. The van der Waals surface area contributed by atoms with Crippen LogP contribution in [0.4, 0.5) is 5.13 Å². The number of nitrogens with one attached hydrogen (secondary N) is 1. The lowest BCUT2D eigenvalue weighted by Gasteiger charge is -2.32. The zero-order valence-electron chi connectivity index (χ0n) is 15.8. The topological polar surface area (TPSA) is 67.4 Å². The van der Waals surface area contributed by atoms with Crippen LogP contribution in [0.5, 0.6) is 5.75 Å². The largest absolute Gasteiger partial charge is 0.495 e. The van der Waals surface area contributed by atoms with Gasteiger partial charge in [0.25, 0.3) is 0 Å². The van der Waals surface area contributed by atoms with E-state index >= 15 is 0 Å². The quantitative estimate of drug-likeness (QED) is 0.781. The molecule has 0 aliphatic carbocycles. The van der Waals surface area contributed by atoms with E-state index < -0.39 is 0 Å². The predicted octanol–water partition coefficient (Wildman–Crippen LogP) is 3.25. The summed E-state index contributed by atoms with van der Waals surface area (Å²) >= 11 is 1.75. The predicted molar refractivity (Wildman–Crippen MR) is 106 cm³/mol. The summed E-state index contributed by atoms with van der Waals surface area (Å²) < 4.78 is 5.17. The van der Waals surface area contributed by atoms with E-state index in [9.17, 15) is 0 Å². The van der Waals surface area contributed by atoms with Crippen LogP contribution in [0.15, 0.2) is 24.5 Å². The molecule has 1 aliphatic heterocycles. The lowest BCUT2D eigenvalue weighted by Crippen LogP contribution is -2.35. The summed E-state index contributed by atoms with van der Waals surface area (Å²) in [6.07, 6.45) is 8.15. The van der Waals surface area contributed by atoms with E-state index in [1.807, 2.05) is 25.5 Å². The Kier molecular flexibility index (Phi) is 8.50. The summed E-state index contributed by atoms with van der Waals surface area (Å²) in [4.78, 5) is 21.6. The number of hydrogen-bond donors (Lipinski definition) is 1. The first-order chi connectivity index (χ1) is 12.7. The molecule has 6 nitrogen and oxygen atoms in total. The standard InChI is InChI=1S/C17H24N4OS.C2H4O/c1-18-17-20-10-16(23-17)12-21-7-3-4-13(11-21)8-14-5-6-15(22-2)9-19-14;1-2-3/h5-6,9-10,13H,3-4,7-8,11-12H2,1-2H3,(H,18,20);2H,1H3. The summed E-state index contributed by atoms with van der Waals surface area (Å²) in [5.74, 6) is 1.51. The summed E-state index contributed by atoms with van der Waals surface area (Å²) in [7, 11) is 3.59. The van der Waals surface area contributed by atoms with Crippen LogP contribution in [0.25, 0.3) is 0 Å². The minimum absolute atomic E-state index is 0.682. The zero-order chi connectivity index (χ0) is 18.8. The van der Waals surface area contributed by atoms with Gasteiger partial charge in [-0.2, -0.15) is 0 Å². The molecule has 0 radical (unpaired) electrons. The highest BCUT2D eigenvalue weighted by Gasteiger charge is 2.21. The lowest BCUT2D eigenvalue weighted by molar-refractivity contribution is -0.106. The number of anilines is 1. The molecular formula is C19H28N4O2S. The van der Waals surface area contributed by atoms with Crippen molar-refractivity contribution in [2.24, 2.45) is 5.92 Å². The zero-order valence-corrected chi connectivity index (χ0v) is 16.6. The highest BCUT2D eigenvalue weighted by molar-refractivity contribution is 7.15. The molecule has 0 spiro atoms. The average Bonchev–Trinajstić information content (AvgIpc) is 3.11. The van der Waals surface area contributed by atoms with Gasteiger partial charge in [-0.1, -0.05) is 0 Å². The summed E-state index contributed by atoms with van der Waals surface area (Å²) in [5, 5.41) is 4.10. The van der Waals surface area contributed by atoms with Crippen molar-refractivity contribution in [3.63, 3.8) is 0 Å². The highest BCUT2D eigenvalue weighted by Crippen LogP contribution is 2.25. The molecule has 2 aromatic rings.